The van der Waals surface area contributed by atoms with Crippen molar-refractivity contribution in [1.82, 2.24) is 25.3 Å². The number of nitrogens with zero attached hydrogens (tertiary/aromatic N) is 5. The zero-order valence-corrected chi connectivity index (χ0v) is 35.6. The van der Waals surface area contributed by atoms with Gasteiger partial charge in [0.2, 0.25) is 5.91 Å². The van der Waals surface area contributed by atoms with E-state index < -0.39 is 48.1 Å². The van der Waals surface area contributed by atoms with E-state index in [0.29, 0.717) is 50.9 Å². The van der Waals surface area contributed by atoms with E-state index in [-0.39, 0.29) is 41.6 Å². The molecule has 0 bridgehead atoms. The number of hydrogen-bond donors (Lipinski definition) is 8. The third-order valence-corrected chi connectivity index (χ3v) is 10.9. The number of primary amides is 1. The lowest BCUT2D eigenvalue weighted by atomic mass is 9.84. The van der Waals surface area contributed by atoms with Gasteiger partial charge in [0.25, 0.3) is 5.91 Å². The number of aliphatic imine (C=N–C) groups is 1. The first kappa shape index (κ1) is 48.2. The average Bonchev–Trinajstić information content (AvgIpc) is 3.23. The van der Waals surface area contributed by atoms with Gasteiger partial charge >= 0.3 is 0 Å². The fourth-order valence-corrected chi connectivity index (χ4v) is 7.52. The number of carbonyl (C=O) groups is 2. The van der Waals surface area contributed by atoms with Crippen LogP contribution in [0.1, 0.15) is 106 Å². The van der Waals surface area contributed by atoms with Gasteiger partial charge in [0.05, 0.1) is 12.7 Å². The lowest BCUT2D eigenvalue weighted by Gasteiger charge is -2.48. The summed E-state index contributed by atoms with van der Waals surface area (Å²) in [4.78, 5) is 38.2. The highest BCUT2D eigenvalue weighted by Crippen LogP contribution is 2.36. The monoisotopic (exact) mass is 854 g/mol. The van der Waals surface area contributed by atoms with Gasteiger partial charge in [-0.15, -0.1) is 0 Å². The van der Waals surface area contributed by atoms with Crippen LogP contribution in [0.4, 0.5) is 11.6 Å². The number of hydrogen-bond acceptors (Lipinski definition) is 14. The number of anilines is 2. The number of amides is 2. The maximum Gasteiger partial charge on any atom is 0.280 e. The van der Waals surface area contributed by atoms with E-state index in [4.69, 9.17) is 44.0 Å². The molecule has 2 amide bonds. The van der Waals surface area contributed by atoms with Crippen LogP contribution in [-0.4, -0.2) is 110 Å². The van der Waals surface area contributed by atoms with E-state index in [1.807, 2.05) is 78.5 Å². The number of hydrazine groups is 1. The minimum absolute atomic E-state index is 0.0432. The molecule has 60 heavy (non-hydrogen) atoms. The van der Waals surface area contributed by atoms with Gasteiger partial charge in [0.1, 0.15) is 23.9 Å². The summed E-state index contributed by atoms with van der Waals surface area (Å²) in [7, 11) is 0. The number of aliphatic hydroxyl groups is 3. The highest BCUT2D eigenvalue weighted by Gasteiger charge is 2.47. The number of carbonyl (C=O) groups excluding carboxylic acids is 2. The lowest BCUT2D eigenvalue weighted by Crippen LogP contribution is -2.63. The van der Waals surface area contributed by atoms with Crippen molar-refractivity contribution in [3.63, 3.8) is 0 Å². The summed E-state index contributed by atoms with van der Waals surface area (Å²) in [6, 6.07) is 17.0. The highest BCUT2D eigenvalue weighted by atomic mass is 35.5. The third-order valence-electron chi connectivity index (χ3n) is 10.6. The Balaban J connectivity index is 1.46. The number of guanidine groups is 1. The van der Waals surface area contributed by atoms with Crippen molar-refractivity contribution in [3.05, 3.63) is 82.1 Å². The Hall–Kier alpha value is -4.46. The van der Waals surface area contributed by atoms with E-state index in [9.17, 15) is 24.9 Å². The number of unbranched alkanes of at least 4 members (excludes halogenated alkanes) is 4. The summed E-state index contributed by atoms with van der Waals surface area (Å²) in [6.45, 7) is 7.23. The molecule has 1 aromatic heterocycles. The number of halogens is 1. The topological polar surface area (TPSA) is 274 Å². The smallest absolute Gasteiger partial charge is 0.280 e. The zero-order valence-electron chi connectivity index (χ0n) is 34.9. The molecule has 1 aliphatic rings. The van der Waals surface area contributed by atoms with Crippen molar-refractivity contribution in [2.24, 2.45) is 16.5 Å². The van der Waals surface area contributed by atoms with Gasteiger partial charge in [-0.3, -0.25) is 19.9 Å². The molecule has 0 aliphatic carbocycles. The van der Waals surface area contributed by atoms with Crippen LogP contribution in [0.15, 0.2) is 59.6 Å². The summed E-state index contributed by atoms with van der Waals surface area (Å²) in [6.07, 6.45) is 0.981. The fraction of sp³-hybridized carbons (Fsp3) is 0.548. The molecule has 1 aliphatic heterocycles. The number of nitrogens with two attached hydrogens (primary N) is 4. The zero-order chi connectivity index (χ0) is 43.8. The third kappa shape index (κ3) is 12.5. The number of rotatable bonds is 23. The second-order valence-electron chi connectivity index (χ2n) is 15.0. The van der Waals surface area contributed by atoms with Crippen molar-refractivity contribution in [3.8, 4) is 0 Å². The standard InChI is InChI=1S/C42H63ClN10O7/c1-4-7-8-14-24-52(25-30(54)33(56)34-31(55)26-59-39(60-34)28-16-10-9-11-17-28)53(23-5-2)42(6-3,40(46)58)29-20-18-27(19-21-29)15-12-13-22-48-41(47)51-38(57)32-36(44)50-37(45)35(43)49-32/h9-11,16-21,30-31,33-34,39,54-56H,4-8,12-15,22-26H2,1-3H3,(H2,46,58)(H4,44,45,50)(H3,47,48,51,57)/t30-,31+,33+,34+,39?,42-/m0/s1. The number of aryl methyl sites for hydroxylation is 1. The fourth-order valence-electron chi connectivity index (χ4n) is 7.40. The van der Waals surface area contributed by atoms with Crippen molar-refractivity contribution >= 4 is 41.0 Å². The highest BCUT2D eigenvalue weighted by molar-refractivity contribution is 6.31. The Morgan fingerprint density at radius 3 is 2.32 bits per heavy atom. The van der Waals surface area contributed by atoms with E-state index in [1.54, 1.807) is 0 Å². The molecule has 17 nitrogen and oxygen atoms in total. The summed E-state index contributed by atoms with van der Waals surface area (Å²) in [5.41, 5.74) is 24.6. The number of benzene rings is 2. The van der Waals surface area contributed by atoms with Crippen LogP contribution in [0.2, 0.25) is 5.15 Å². The Bertz CT molecular complexity index is 1840. The van der Waals surface area contributed by atoms with Crippen LogP contribution in [0.5, 0.6) is 0 Å². The summed E-state index contributed by atoms with van der Waals surface area (Å²) >= 11 is 5.87. The molecule has 0 saturated carbocycles. The number of aliphatic hydroxyl groups excluding tert-OH is 3. The summed E-state index contributed by atoms with van der Waals surface area (Å²) in [5.74, 6) is -1.64. The normalized spacial score (nSPS) is 19.2. The van der Waals surface area contributed by atoms with E-state index in [0.717, 1.165) is 43.2 Å². The summed E-state index contributed by atoms with van der Waals surface area (Å²) in [5, 5.41) is 40.2. The van der Waals surface area contributed by atoms with Crippen LogP contribution in [-0.2, 0) is 26.2 Å². The molecule has 2 heterocycles. The Morgan fingerprint density at radius 1 is 0.950 bits per heavy atom. The van der Waals surface area contributed by atoms with Crippen molar-refractivity contribution in [1.29, 1.82) is 0 Å². The number of nitrogens with one attached hydrogen (secondary N) is 1. The predicted molar refractivity (Wildman–Crippen MR) is 231 cm³/mol. The van der Waals surface area contributed by atoms with Crippen LogP contribution in [0.25, 0.3) is 0 Å². The molecule has 18 heteroatoms. The van der Waals surface area contributed by atoms with Crippen molar-refractivity contribution in [2.45, 2.75) is 115 Å². The maximum absolute atomic E-state index is 13.8. The Kier molecular flexibility index (Phi) is 18.9. The van der Waals surface area contributed by atoms with E-state index in [2.05, 4.69) is 27.2 Å². The largest absolute Gasteiger partial charge is 0.389 e. The van der Waals surface area contributed by atoms with Gasteiger partial charge in [-0.1, -0.05) is 106 Å². The number of ether oxygens (including phenoxy) is 2. The van der Waals surface area contributed by atoms with Crippen LogP contribution < -0.4 is 28.3 Å². The van der Waals surface area contributed by atoms with Crippen LogP contribution in [0, 0.1) is 0 Å². The van der Waals surface area contributed by atoms with Crippen LogP contribution in [0.3, 0.4) is 0 Å². The van der Waals surface area contributed by atoms with Gasteiger partial charge in [0.15, 0.2) is 34.7 Å². The molecule has 1 saturated heterocycles. The van der Waals surface area contributed by atoms with Crippen LogP contribution >= 0.6 is 11.6 Å². The quantitative estimate of drug-likeness (QED) is 0.0295. The first-order valence-electron chi connectivity index (χ1n) is 20.7. The molecule has 0 radical (unpaired) electrons. The number of nitrogen functional groups attached to an aromatic ring is 2. The SMILES string of the molecule is CCCCCCN(C[C@H](O)[C@@H](O)[C@@H]1OC(c2ccccc2)OC[C@H]1O)N(CCC)[C@](CC)(C(N)=O)c1ccc(CCCCN=C(N)NC(=O)c2nc(Cl)c(N)nc2N)cc1. The second-order valence-corrected chi connectivity index (χ2v) is 15.3. The molecule has 6 atom stereocenters. The van der Waals surface area contributed by atoms with Crippen molar-refractivity contribution < 1.29 is 34.4 Å². The molecule has 2 aromatic carbocycles. The van der Waals surface area contributed by atoms with Gasteiger partial charge in [0, 0.05) is 31.7 Å². The average molecular weight is 855 g/mol. The Morgan fingerprint density at radius 2 is 1.67 bits per heavy atom. The molecule has 1 fully saturated rings. The molecule has 330 valence electrons. The summed E-state index contributed by atoms with van der Waals surface area (Å²) < 4.78 is 11.7. The molecule has 12 N–H and O–H groups in total. The van der Waals surface area contributed by atoms with Gasteiger partial charge in [-0.25, -0.2) is 20.0 Å². The minimum Gasteiger partial charge on any atom is -0.389 e. The second kappa shape index (κ2) is 23.5. The lowest BCUT2D eigenvalue weighted by molar-refractivity contribution is -0.284. The van der Waals surface area contributed by atoms with Gasteiger partial charge in [-0.05, 0) is 49.7 Å². The molecule has 1 unspecified atom stereocenters. The first-order valence-corrected chi connectivity index (χ1v) is 21.1. The molecular formula is C42H63ClN10O7. The molecule has 0 spiro atoms. The Labute approximate surface area is 357 Å². The first-order chi connectivity index (χ1) is 28.8. The predicted octanol–water partition coefficient (Wildman–Crippen LogP) is 3.16. The van der Waals surface area contributed by atoms with E-state index >= 15 is 0 Å². The van der Waals surface area contributed by atoms with Gasteiger partial charge in [-0.2, -0.15) is 0 Å². The maximum atomic E-state index is 13.8. The van der Waals surface area contributed by atoms with E-state index in [1.165, 1.54) is 0 Å². The minimum atomic E-state index is -1.47. The molecule has 3 aromatic rings. The molecule has 4 rings (SSSR count). The number of aromatic nitrogens is 2. The molecular weight excluding hydrogens is 792 g/mol. The van der Waals surface area contributed by atoms with Crippen molar-refractivity contribution in [2.75, 3.05) is 44.3 Å². The van der Waals surface area contributed by atoms with Gasteiger partial charge < -0.3 is 47.7 Å².